The summed E-state index contributed by atoms with van der Waals surface area (Å²) < 4.78 is 47.7. The van der Waals surface area contributed by atoms with Gasteiger partial charge in [-0.05, 0) is 83.2 Å². The SMILES string of the molecule is Cc1c(C(C)NC(=O)c2cn(C3CCOCC3)c(=O)cc2NC2CCC23CCCN(C)C3)cccc1C(F)(F)F. The zero-order valence-electron chi connectivity index (χ0n) is 23.4. The second-order valence-corrected chi connectivity index (χ2v) is 11.8. The van der Waals surface area contributed by atoms with Crippen LogP contribution in [0.5, 0.6) is 0 Å². The number of nitrogens with one attached hydrogen (secondary N) is 2. The molecule has 7 nitrogen and oxygen atoms in total. The predicted octanol–water partition coefficient (Wildman–Crippen LogP) is 5.30. The first-order chi connectivity index (χ1) is 19.0. The minimum atomic E-state index is -4.48. The molecule has 1 aromatic carbocycles. The van der Waals surface area contributed by atoms with Gasteiger partial charge >= 0.3 is 6.18 Å². The number of likely N-dealkylation sites (tertiary alicyclic amines) is 1. The Morgan fingerprint density at radius 3 is 2.58 bits per heavy atom. The largest absolute Gasteiger partial charge is 0.416 e. The molecule has 2 aromatic rings. The van der Waals surface area contributed by atoms with Crippen molar-refractivity contribution < 1.29 is 22.7 Å². The van der Waals surface area contributed by atoms with Gasteiger partial charge in [0.25, 0.3) is 11.5 Å². The molecule has 3 aliphatic rings. The van der Waals surface area contributed by atoms with Crippen molar-refractivity contribution in [1.82, 2.24) is 14.8 Å². The fraction of sp³-hybridized carbons (Fsp3) is 0.600. The molecule has 3 unspecified atom stereocenters. The molecule has 3 atom stereocenters. The summed E-state index contributed by atoms with van der Waals surface area (Å²) >= 11 is 0. The Kier molecular flexibility index (Phi) is 8.03. The number of hydrogen-bond donors (Lipinski definition) is 2. The van der Waals surface area contributed by atoms with Crippen molar-refractivity contribution in [1.29, 1.82) is 0 Å². The lowest BCUT2D eigenvalue weighted by atomic mass is 9.60. The van der Waals surface area contributed by atoms with Crippen LogP contribution in [0.2, 0.25) is 0 Å². The number of hydrogen-bond acceptors (Lipinski definition) is 5. The van der Waals surface area contributed by atoms with E-state index in [2.05, 4.69) is 22.6 Å². The third kappa shape index (κ3) is 5.65. The minimum Gasteiger partial charge on any atom is -0.381 e. The number of anilines is 1. The summed E-state index contributed by atoms with van der Waals surface area (Å²) in [5.74, 6) is -0.429. The van der Waals surface area contributed by atoms with Gasteiger partial charge in [0.1, 0.15) is 0 Å². The maximum Gasteiger partial charge on any atom is 0.416 e. The molecule has 2 saturated heterocycles. The van der Waals surface area contributed by atoms with E-state index in [4.69, 9.17) is 4.74 Å². The third-order valence-corrected chi connectivity index (χ3v) is 9.20. The Labute approximate surface area is 233 Å². The second-order valence-electron chi connectivity index (χ2n) is 11.8. The first-order valence-electron chi connectivity index (χ1n) is 14.2. The zero-order valence-corrected chi connectivity index (χ0v) is 23.4. The van der Waals surface area contributed by atoms with Crippen LogP contribution in [0.4, 0.5) is 18.9 Å². The molecule has 1 amide bonds. The summed E-state index contributed by atoms with van der Waals surface area (Å²) in [6, 6.07) is 4.93. The number of halogens is 3. The van der Waals surface area contributed by atoms with Gasteiger partial charge in [0.15, 0.2) is 0 Å². The van der Waals surface area contributed by atoms with E-state index >= 15 is 0 Å². The monoisotopic (exact) mass is 560 g/mol. The summed E-state index contributed by atoms with van der Waals surface area (Å²) in [6.45, 7) is 6.23. The van der Waals surface area contributed by atoms with Crippen LogP contribution in [0.25, 0.3) is 0 Å². The van der Waals surface area contributed by atoms with Gasteiger partial charge in [-0.1, -0.05) is 12.1 Å². The van der Waals surface area contributed by atoms with Crippen LogP contribution in [-0.2, 0) is 10.9 Å². The number of pyridine rings is 1. The molecule has 3 heterocycles. The van der Waals surface area contributed by atoms with Crippen LogP contribution < -0.4 is 16.2 Å². The fourth-order valence-electron chi connectivity index (χ4n) is 6.87. The van der Waals surface area contributed by atoms with E-state index < -0.39 is 23.7 Å². The number of rotatable bonds is 6. The topological polar surface area (TPSA) is 75.6 Å². The number of alkyl halides is 3. The highest BCUT2D eigenvalue weighted by atomic mass is 19.4. The molecule has 40 heavy (non-hydrogen) atoms. The van der Waals surface area contributed by atoms with E-state index in [1.54, 1.807) is 23.8 Å². The lowest BCUT2D eigenvalue weighted by molar-refractivity contribution is -0.138. The molecule has 3 fully saturated rings. The number of piperidine rings is 1. The molecule has 0 radical (unpaired) electrons. The van der Waals surface area contributed by atoms with E-state index in [0.717, 1.165) is 44.8 Å². The number of carbonyl (C=O) groups is 1. The number of nitrogens with zero attached hydrogens (tertiary/aromatic N) is 2. The number of ether oxygens (including phenoxy) is 1. The standard InChI is InChI=1S/C30H39F3N4O3/c1-19-22(6-4-7-24(19)30(31,32)33)20(2)34-28(39)23-17-37(21-9-14-40-15-10-21)27(38)16-25(23)35-26-8-12-29(26)11-5-13-36(3)18-29/h4,6-7,16-17,20-21,26,35H,5,8-15,18H2,1-3H3,(H,34,39). The van der Waals surface area contributed by atoms with E-state index in [1.165, 1.54) is 19.1 Å². The molecule has 1 aromatic heterocycles. The molecule has 1 spiro atoms. The van der Waals surface area contributed by atoms with Crippen molar-refractivity contribution in [3.8, 4) is 0 Å². The molecule has 10 heteroatoms. The lowest BCUT2D eigenvalue weighted by Crippen LogP contribution is -2.57. The van der Waals surface area contributed by atoms with Gasteiger partial charge in [-0.15, -0.1) is 0 Å². The number of aromatic nitrogens is 1. The number of benzene rings is 1. The molecule has 5 rings (SSSR count). The summed E-state index contributed by atoms with van der Waals surface area (Å²) in [6.07, 6.45) is 2.76. The normalized spacial score (nSPS) is 24.9. The Hall–Kier alpha value is -2.85. The van der Waals surface area contributed by atoms with Gasteiger partial charge < -0.3 is 24.8 Å². The average Bonchev–Trinajstić information content (AvgIpc) is 2.91. The molecular weight excluding hydrogens is 521 g/mol. The van der Waals surface area contributed by atoms with E-state index in [0.29, 0.717) is 42.9 Å². The smallest absolute Gasteiger partial charge is 0.381 e. The summed E-state index contributed by atoms with van der Waals surface area (Å²) in [7, 11) is 2.13. The Morgan fingerprint density at radius 1 is 1.18 bits per heavy atom. The number of amides is 1. The minimum absolute atomic E-state index is 0.0768. The highest BCUT2D eigenvalue weighted by Crippen LogP contribution is 2.49. The van der Waals surface area contributed by atoms with Crippen LogP contribution in [-0.4, -0.2) is 54.8 Å². The fourth-order valence-corrected chi connectivity index (χ4v) is 6.87. The van der Waals surface area contributed by atoms with Gasteiger partial charge in [0.2, 0.25) is 0 Å². The second kappa shape index (κ2) is 11.2. The van der Waals surface area contributed by atoms with Crippen molar-refractivity contribution in [2.45, 2.75) is 76.7 Å². The molecule has 218 valence electrons. The van der Waals surface area contributed by atoms with Crippen molar-refractivity contribution in [3.63, 3.8) is 0 Å². The Morgan fingerprint density at radius 2 is 1.93 bits per heavy atom. The first-order valence-corrected chi connectivity index (χ1v) is 14.2. The average molecular weight is 561 g/mol. The van der Waals surface area contributed by atoms with Crippen LogP contribution in [0.15, 0.2) is 35.3 Å². The molecule has 2 aliphatic heterocycles. The molecular formula is C30H39F3N4O3. The van der Waals surface area contributed by atoms with Crippen molar-refractivity contribution in [2.75, 3.05) is 38.7 Å². The lowest BCUT2D eigenvalue weighted by Gasteiger charge is -2.54. The highest BCUT2D eigenvalue weighted by molar-refractivity contribution is 5.99. The highest BCUT2D eigenvalue weighted by Gasteiger charge is 2.48. The summed E-state index contributed by atoms with van der Waals surface area (Å²) in [5, 5.41) is 6.47. The zero-order chi connectivity index (χ0) is 28.7. The third-order valence-electron chi connectivity index (χ3n) is 9.20. The van der Waals surface area contributed by atoms with E-state index in [-0.39, 0.29) is 28.6 Å². The van der Waals surface area contributed by atoms with Gasteiger partial charge in [-0.25, -0.2) is 0 Å². The van der Waals surface area contributed by atoms with Crippen molar-refractivity contribution in [2.24, 2.45) is 5.41 Å². The quantitative estimate of drug-likeness (QED) is 0.501. The van der Waals surface area contributed by atoms with Gasteiger partial charge in [-0.2, -0.15) is 13.2 Å². The van der Waals surface area contributed by atoms with Crippen LogP contribution in [0, 0.1) is 12.3 Å². The Bertz CT molecular complexity index is 1300. The van der Waals surface area contributed by atoms with Crippen molar-refractivity contribution in [3.05, 3.63) is 63.1 Å². The van der Waals surface area contributed by atoms with Gasteiger partial charge in [0, 0.05) is 49.5 Å². The van der Waals surface area contributed by atoms with Crippen LogP contribution in [0.3, 0.4) is 0 Å². The van der Waals surface area contributed by atoms with Gasteiger partial charge in [-0.3, -0.25) is 9.59 Å². The van der Waals surface area contributed by atoms with E-state index in [9.17, 15) is 22.8 Å². The van der Waals surface area contributed by atoms with Crippen molar-refractivity contribution >= 4 is 11.6 Å². The number of carbonyl (C=O) groups excluding carboxylic acids is 1. The molecule has 1 aliphatic carbocycles. The Balaban J connectivity index is 1.45. The van der Waals surface area contributed by atoms with Crippen LogP contribution >= 0.6 is 0 Å². The maximum absolute atomic E-state index is 13.8. The summed E-state index contributed by atoms with van der Waals surface area (Å²) in [5.41, 5.74) is 0.518. The van der Waals surface area contributed by atoms with Crippen LogP contribution in [0.1, 0.15) is 84.6 Å². The summed E-state index contributed by atoms with van der Waals surface area (Å²) in [4.78, 5) is 29.4. The molecule has 1 saturated carbocycles. The molecule has 2 N–H and O–H groups in total. The predicted molar refractivity (Wildman–Crippen MR) is 148 cm³/mol. The maximum atomic E-state index is 13.8. The van der Waals surface area contributed by atoms with Gasteiger partial charge in [0.05, 0.1) is 22.9 Å². The molecule has 0 bridgehead atoms. The first kappa shape index (κ1) is 28.7. The van der Waals surface area contributed by atoms with E-state index in [1.807, 2.05) is 0 Å².